The molecule has 0 amide bonds. The Kier molecular flexibility index (Phi) is 5.63. The first-order valence-electron chi connectivity index (χ1n) is 8.08. The highest BCUT2D eigenvalue weighted by Crippen LogP contribution is 2.36. The summed E-state index contributed by atoms with van der Waals surface area (Å²) in [5, 5.41) is 3.70. The van der Waals surface area contributed by atoms with E-state index in [4.69, 9.17) is 4.42 Å². The van der Waals surface area contributed by atoms with Crippen LogP contribution in [-0.2, 0) is 11.8 Å². The predicted octanol–water partition coefficient (Wildman–Crippen LogP) is 4.56. The Morgan fingerprint density at radius 2 is 1.71 bits per heavy atom. The monoisotopic (exact) mass is 285 g/mol. The van der Waals surface area contributed by atoms with Crippen molar-refractivity contribution in [1.29, 1.82) is 0 Å². The third-order valence-corrected chi connectivity index (χ3v) is 4.71. The van der Waals surface area contributed by atoms with E-state index in [1.165, 1.54) is 5.56 Å². The zero-order chi connectivity index (χ0) is 15.1. The lowest BCUT2D eigenvalue weighted by atomic mass is 9.69. The zero-order valence-corrected chi connectivity index (χ0v) is 13.4. The zero-order valence-electron chi connectivity index (χ0n) is 13.4. The van der Waals surface area contributed by atoms with E-state index in [0.29, 0.717) is 6.04 Å². The lowest BCUT2D eigenvalue weighted by molar-refractivity contribution is 0.261. The molecule has 0 aliphatic rings. The molecule has 0 aliphatic carbocycles. The number of rotatable bonds is 8. The average molecular weight is 285 g/mol. The maximum atomic E-state index is 5.59. The molecule has 114 valence electrons. The molecule has 2 rings (SSSR count). The van der Waals surface area contributed by atoms with Crippen molar-refractivity contribution in [2.24, 2.45) is 0 Å². The topological polar surface area (TPSA) is 25.2 Å². The quantitative estimate of drug-likeness (QED) is 0.769. The SMILES string of the molecule is CCNC(Cc1ccco1)C(CC)(CC)c1ccccc1. The van der Waals surface area contributed by atoms with Gasteiger partial charge in [-0.15, -0.1) is 0 Å². The molecule has 21 heavy (non-hydrogen) atoms. The third kappa shape index (κ3) is 3.38. The summed E-state index contributed by atoms with van der Waals surface area (Å²) in [6.45, 7) is 7.74. The van der Waals surface area contributed by atoms with E-state index in [1.54, 1.807) is 6.26 Å². The smallest absolute Gasteiger partial charge is 0.105 e. The largest absolute Gasteiger partial charge is 0.469 e. The molecule has 0 bridgehead atoms. The van der Waals surface area contributed by atoms with Gasteiger partial charge in [0.1, 0.15) is 5.76 Å². The van der Waals surface area contributed by atoms with Gasteiger partial charge in [-0.25, -0.2) is 0 Å². The van der Waals surface area contributed by atoms with E-state index >= 15 is 0 Å². The van der Waals surface area contributed by atoms with Crippen molar-refractivity contribution in [2.75, 3.05) is 6.54 Å². The van der Waals surface area contributed by atoms with Gasteiger partial charge in [-0.2, -0.15) is 0 Å². The Balaban J connectivity index is 2.36. The predicted molar refractivity (Wildman–Crippen MR) is 88.6 cm³/mol. The van der Waals surface area contributed by atoms with Crippen molar-refractivity contribution < 1.29 is 4.42 Å². The maximum Gasteiger partial charge on any atom is 0.105 e. The number of hydrogen-bond donors (Lipinski definition) is 1. The van der Waals surface area contributed by atoms with Crippen LogP contribution in [0.1, 0.15) is 44.9 Å². The highest BCUT2D eigenvalue weighted by Gasteiger charge is 2.37. The van der Waals surface area contributed by atoms with E-state index in [0.717, 1.165) is 31.6 Å². The molecular formula is C19H27NO. The van der Waals surface area contributed by atoms with Gasteiger partial charge < -0.3 is 9.73 Å². The summed E-state index contributed by atoms with van der Waals surface area (Å²) in [7, 11) is 0. The van der Waals surface area contributed by atoms with Crippen molar-refractivity contribution in [3.05, 3.63) is 60.1 Å². The lowest BCUT2D eigenvalue weighted by Gasteiger charge is -2.40. The molecule has 1 N–H and O–H groups in total. The van der Waals surface area contributed by atoms with Crippen LogP contribution in [0.25, 0.3) is 0 Å². The molecule has 1 unspecified atom stereocenters. The van der Waals surface area contributed by atoms with E-state index in [-0.39, 0.29) is 5.41 Å². The standard InChI is InChI=1S/C19H27NO/c1-4-19(5-2,16-11-8-7-9-12-16)18(20-6-3)15-17-13-10-14-21-17/h7-14,18,20H,4-6,15H2,1-3H3. The minimum atomic E-state index is 0.143. The summed E-state index contributed by atoms with van der Waals surface area (Å²) in [4.78, 5) is 0. The van der Waals surface area contributed by atoms with Crippen LogP contribution < -0.4 is 5.32 Å². The summed E-state index contributed by atoms with van der Waals surface area (Å²) in [5.41, 5.74) is 1.57. The molecular weight excluding hydrogens is 258 g/mol. The van der Waals surface area contributed by atoms with Gasteiger partial charge in [0.05, 0.1) is 6.26 Å². The molecule has 0 fully saturated rings. The molecule has 1 aromatic heterocycles. The van der Waals surface area contributed by atoms with Gasteiger partial charge in [0.25, 0.3) is 0 Å². The van der Waals surface area contributed by atoms with Crippen LogP contribution in [0.4, 0.5) is 0 Å². The van der Waals surface area contributed by atoms with Crippen molar-refractivity contribution in [3.8, 4) is 0 Å². The second-order valence-electron chi connectivity index (χ2n) is 5.62. The Morgan fingerprint density at radius 1 is 1.00 bits per heavy atom. The fraction of sp³-hybridized carbons (Fsp3) is 0.474. The van der Waals surface area contributed by atoms with Crippen molar-refractivity contribution in [2.45, 2.75) is 51.5 Å². The average Bonchev–Trinajstić information content (AvgIpc) is 3.03. The van der Waals surface area contributed by atoms with Crippen LogP contribution in [0.2, 0.25) is 0 Å². The Labute approximate surface area is 128 Å². The number of hydrogen-bond acceptors (Lipinski definition) is 2. The molecule has 0 radical (unpaired) electrons. The lowest BCUT2D eigenvalue weighted by Crippen LogP contribution is -2.49. The van der Waals surface area contributed by atoms with E-state index in [2.05, 4.69) is 62.5 Å². The molecule has 0 spiro atoms. The normalized spacial score (nSPS) is 13.3. The van der Waals surface area contributed by atoms with Crippen molar-refractivity contribution >= 4 is 0 Å². The second kappa shape index (κ2) is 7.46. The van der Waals surface area contributed by atoms with Crippen molar-refractivity contribution in [1.82, 2.24) is 5.32 Å². The number of nitrogens with one attached hydrogen (secondary N) is 1. The van der Waals surface area contributed by atoms with Crippen LogP contribution in [0.5, 0.6) is 0 Å². The second-order valence-corrected chi connectivity index (χ2v) is 5.62. The molecule has 0 saturated heterocycles. The van der Waals surface area contributed by atoms with Gasteiger partial charge in [-0.3, -0.25) is 0 Å². The van der Waals surface area contributed by atoms with Crippen molar-refractivity contribution in [3.63, 3.8) is 0 Å². The van der Waals surface area contributed by atoms with Gasteiger partial charge in [-0.1, -0.05) is 51.1 Å². The Hall–Kier alpha value is -1.54. The molecule has 2 aromatic rings. The number of likely N-dealkylation sites (N-methyl/N-ethyl adjacent to an activating group) is 1. The summed E-state index contributed by atoms with van der Waals surface area (Å²) in [6, 6.07) is 15.3. The van der Waals surface area contributed by atoms with Gasteiger partial charge in [-0.05, 0) is 37.1 Å². The molecule has 2 nitrogen and oxygen atoms in total. The van der Waals surface area contributed by atoms with Gasteiger partial charge >= 0.3 is 0 Å². The van der Waals surface area contributed by atoms with Gasteiger partial charge in [0.2, 0.25) is 0 Å². The van der Waals surface area contributed by atoms with Gasteiger partial charge in [0, 0.05) is 17.9 Å². The number of furan rings is 1. The molecule has 0 aliphatic heterocycles. The summed E-state index contributed by atoms with van der Waals surface area (Å²) >= 11 is 0. The van der Waals surface area contributed by atoms with E-state index in [9.17, 15) is 0 Å². The first kappa shape index (κ1) is 15.8. The Morgan fingerprint density at radius 3 is 2.24 bits per heavy atom. The summed E-state index contributed by atoms with van der Waals surface area (Å²) in [5.74, 6) is 1.06. The highest BCUT2D eigenvalue weighted by molar-refractivity contribution is 5.28. The van der Waals surface area contributed by atoms with Crippen LogP contribution >= 0.6 is 0 Å². The molecule has 1 aromatic carbocycles. The molecule has 0 saturated carbocycles. The minimum absolute atomic E-state index is 0.143. The maximum absolute atomic E-state index is 5.59. The summed E-state index contributed by atoms with van der Waals surface area (Å²) < 4.78 is 5.59. The third-order valence-electron chi connectivity index (χ3n) is 4.71. The first-order valence-corrected chi connectivity index (χ1v) is 8.08. The van der Waals surface area contributed by atoms with Crippen LogP contribution in [0.3, 0.4) is 0 Å². The van der Waals surface area contributed by atoms with Crippen LogP contribution in [0.15, 0.2) is 53.1 Å². The highest BCUT2D eigenvalue weighted by atomic mass is 16.3. The Bertz CT molecular complexity index is 500. The van der Waals surface area contributed by atoms with Crippen LogP contribution in [0, 0.1) is 0 Å². The van der Waals surface area contributed by atoms with E-state index < -0.39 is 0 Å². The fourth-order valence-electron chi connectivity index (χ4n) is 3.46. The van der Waals surface area contributed by atoms with Crippen LogP contribution in [-0.4, -0.2) is 12.6 Å². The minimum Gasteiger partial charge on any atom is -0.469 e. The molecule has 2 heteroatoms. The van der Waals surface area contributed by atoms with E-state index in [1.807, 2.05) is 6.07 Å². The fourth-order valence-corrected chi connectivity index (χ4v) is 3.46. The molecule has 1 heterocycles. The summed E-state index contributed by atoms with van der Waals surface area (Å²) in [6.07, 6.45) is 4.93. The van der Waals surface area contributed by atoms with Gasteiger partial charge in [0.15, 0.2) is 0 Å². The molecule has 1 atom stereocenters. The first-order chi connectivity index (χ1) is 10.3. The number of benzene rings is 1.